The minimum Gasteiger partial charge on any atom is -0.271 e. The summed E-state index contributed by atoms with van der Waals surface area (Å²) < 4.78 is 0.990. The molecule has 110 valence electrons. The maximum absolute atomic E-state index is 5.80. The topological polar surface area (TPSA) is 50.9 Å². The summed E-state index contributed by atoms with van der Waals surface area (Å²) in [5.74, 6) is 6.36. The SMILES string of the molecule is NNC(CC1CCCc2ccccc21)c1cncc(Br)c1. The summed E-state index contributed by atoms with van der Waals surface area (Å²) in [7, 11) is 0. The molecule has 1 aliphatic carbocycles. The molecule has 2 atom stereocenters. The molecular weight excluding hydrogens is 326 g/mol. The third kappa shape index (κ3) is 3.34. The first-order chi connectivity index (χ1) is 10.3. The normalized spacial score (nSPS) is 19.0. The smallest absolute Gasteiger partial charge is 0.0481 e. The summed E-state index contributed by atoms with van der Waals surface area (Å²) in [6, 6.07) is 11.0. The highest BCUT2D eigenvalue weighted by molar-refractivity contribution is 9.10. The zero-order valence-corrected chi connectivity index (χ0v) is 13.5. The molecule has 21 heavy (non-hydrogen) atoms. The summed E-state index contributed by atoms with van der Waals surface area (Å²) in [6.45, 7) is 0. The first kappa shape index (κ1) is 14.7. The molecule has 2 aromatic rings. The van der Waals surface area contributed by atoms with Gasteiger partial charge in [-0.05, 0) is 70.3 Å². The van der Waals surface area contributed by atoms with Crippen molar-refractivity contribution >= 4 is 15.9 Å². The van der Waals surface area contributed by atoms with Gasteiger partial charge in [0.15, 0.2) is 0 Å². The molecule has 0 bridgehead atoms. The van der Waals surface area contributed by atoms with E-state index in [4.69, 9.17) is 5.84 Å². The van der Waals surface area contributed by atoms with Crippen LogP contribution in [0.15, 0.2) is 47.2 Å². The summed E-state index contributed by atoms with van der Waals surface area (Å²) in [4.78, 5) is 4.25. The van der Waals surface area contributed by atoms with E-state index < -0.39 is 0 Å². The largest absolute Gasteiger partial charge is 0.271 e. The summed E-state index contributed by atoms with van der Waals surface area (Å²) >= 11 is 3.48. The van der Waals surface area contributed by atoms with E-state index in [-0.39, 0.29) is 6.04 Å². The lowest BCUT2D eigenvalue weighted by Gasteiger charge is -2.29. The first-order valence-corrected chi connectivity index (χ1v) is 8.21. The van der Waals surface area contributed by atoms with Crippen LogP contribution in [0.5, 0.6) is 0 Å². The van der Waals surface area contributed by atoms with E-state index >= 15 is 0 Å². The highest BCUT2D eigenvalue weighted by Gasteiger charge is 2.23. The predicted octanol–water partition coefficient (Wildman–Crippen LogP) is 3.86. The number of aromatic nitrogens is 1. The van der Waals surface area contributed by atoms with Gasteiger partial charge < -0.3 is 0 Å². The maximum Gasteiger partial charge on any atom is 0.0481 e. The average Bonchev–Trinajstić information content (AvgIpc) is 2.52. The van der Waals surface area contributed by atoms with Crippen molar-refractivity contribution in [2.45, 2.75) is 37.6 Å². The number of hydrogen-bond acceptors (Lipinski definition) is 3. The number of benzene rings is 1. The molecule has 3 nitrogen and oxygen atoms in total. The molecule has 1 heterocycles. The van der Waals surface area contributed by atoms with Gasteiger partial charge in [0.25, 0.3) is 0 Å². The Balaban J connectivity index is 1.82. The van der Waals surface area contributed by atoms with Gasteiger partial charge in [0, 0.05) is 22.9 Å². The molecule has 0 saturated heterocycles. The van der Waals surface area contributed by atoms with E-state index in [1.54, 1.807) is 6.20 Å². The Kier molecular flexibility index (Phi) is 4.68. The maximum atomic E-state index is 5.80. The Bertz CT molecular complexity index is 614. The zero-order chi connectivity index (χ0) is 14.7. The van der Waals surface area contributed by atoms with Gasteiger partial charge in [0.05, 0.1) is 0 Å². The van der Waals surface area contributed by atoms with Crippen molar-refractivity contribution in [3.05, 3.63) is 63.9 Å². The van der Waals surface area contributed by atoms with Crippen LogP contribution in [0.2, 0.25) is 0 Å². The van der Waals surface area contributed by atoms with Crippen LogP contribution in [0.1, 0.15) is 47.9 Å². The Morgan fingerprint density at radius 2 is 2.19 bits per heavy atom. The monoisotopic (exact) mass is 345 g/mol. The number of halogens is 1. The molecule has 2 unspecified atom stereocenters. The number of rotatable bonds is 4. The van der Waals surface area contributed by atoms with Crippen molar-refractivity contribution in [2.75, 3.05) is 0 Å². The Hall–Kier alpha value is -1.23. The van der Waals surface area contributed by atoms with Crippen LogP contribution in [0.4, 0.5) is 0 Å². The Morgan fingerprint density at radius 3 is 3.00 bits per heavy atom. The molecule has 0 saturated carbocycles. The minimum atomic E-state index is 0.131. The first-order valence-electron chi connectivity index (χ1n) is 7.42. The van der Waals surface area contributed by atoms with Crippen LogP contribution in [-0.2, 0) is 6.42 Å². The van der Waals surface area contributed by atoms with Crippen molar-refractivity contribution in [1.29, 1.82) is 0 Å². The standard InChI is InChI=1S/C17H20BrN3/c18-15-8-14(10-20-11-15)17(21-19)9-13-6-3-5-12-4-1-2-7-16(12)13/h1-2,4,7-8,10-11,13,17,21H,3,5-6,9,19H2. The van der Waals surface area contributed by atoms with E-state index in [2.05, 4.69) is 56.7 Å². The number of nitrogens with zero attached hydrogens (tertiary/aromatic N) is 1. The number of nitrogens with two attached hydrogens (primary N) is 1. The van der Waals surface area contributed by atoms with Crippen molar-refractivity contribution < 1.29 is 0 Å². The van der Waals surface area contributed by atoms with Gasteiger partial charge >= 0.3 is 0 Å². The van der Waals surface area contributed by atoms with Crippen LogP contribution >= 0.6 is 15.9 Å². The quantitative estimate of drug-likeness (QED) is 0.653. The summed E-state index contributed by atoms with van der Waals surface area (Å²) in [6.07, 6.45) is 8.39. The average molecular weight is 346 g/mol. The number of fused-ring (bicyclic) bond motifs is 1. The lowest BCUT2D eigenvalue weighted by molar-refractivity contribution is 0.425. The second kappa shape index (κ2) is 6.69. The number of hydrogen-bond donors (Lipinski definition) is 2. The molecule has 1 aromatic carbocycles. The van der Waals surface area contributed by atoms with Crippen molar-refractivity contribution in [3.8, 4) is 0 Å². The van der Waals surface area contributed by atoms with Crippen molar-refractivity contribution in [1.82, 2.24) is 10.4 Å². The van der Waals surface area contributed by atoms with E-state index in [0.29, 0.717) is 5.92 Å². The minimum absolute atomic E-state index is 0.131. The van der Waals surface area contributed by atoms with E-state index in [0.717, 1.165) is 16.5 Å². The molecule has 4 heteroatoms. The second-order valence-corrected chi connectivity index (χ2v) is 6.60. The van der Waals surface area contributed by atoms with Crippen LogP contribution in [0.25, 0.3) is 0 Å². The third-order valence-corrected chi connectivity index (χ3v) is 4.78. The molecule has 0 aliphatic heterocycles. The lowest BCUT2D eigenvalue weighted by Crippen LogP contribution is -2.30. The van der Waals surface area contributed by atoms with Gasteiger partial charge in [0.1, 0.15) is 0 Å². The summed E-state index contributed by atoms with van der Waals surface area (Å²) in [5, 5.41) is 0. The summed E-state index contributed by atoms with van der Waals surface area (Å²) in [5.41, 5.74) is 7.09. The Labute approximate surface area is 134 Å². The van der Waals surface area contributed by atoms with E-state index in [1.165, 1.54) is 30.4 Å². The van der Waals surface area contributed by atoms with Crippen LogP contribution in [0, 0.1) is 0 Å². The second-order valence-electron chi connectivity index (χ2n) is 5.68. The van der Waals surface area contributed by atoms with Gasteiger partial charge in [0.2, 0.25) is 0 Å². The van der Waals surface area contributed by atoms with Gasteiger partial charge in [-0.15, -0.1) is 0 Å². The van der Waals surface area contributed by atoms with Crippen LogP contribution in [-0.4, -0.2) is 4.98 Å². The van der Waals surface area contributed by atoms with Gasteiger partial charge in [-0.2, -0.15) is 0 Å². The fourth-order valence-electron chi connectivity index (χ4n) is 3.30. The van der Waals surface area contributed by atoms with Crippen LogP contribution < -0.4 is 11.3 Å². The molecule has 0 spiro atoms. The molecule has 0 radical (unpaired) electrons. The van der Waals surface area contributed by atoms with Gasteiger partial charge in [-0.3, -0.25) is 16.3 Å². The molecule has 0 fully saturated rings. The van der Waals surface area contributed by atoms with Gasteiger partial charge in [-0.1, -0.05) is 24.3 Å². The molecule has 1 aromatic heterocycles. The van der Waals surface area contributed by atoms with E-state index in [9.17, 15) is 0 Å². The fourth-order valence-corrected chi connectivity index (χ4v) is 3.69. The highest BCUT2D eigenvalue weighted by Crippen LogP contribution is 2.37. The highest BCUT2D eigenvalue weighted by atomic mass is 79.9. The lowest BCUT2D eigenvalue weighted by atomic mass is 9.79. The van der Waals surface area contributed by atoms with E-state index in [1.807, 2.05) is 6.20 Å². The Morgan fingerprint density at radius 1 is 1.33 bits per heavy atom. The molecule has 3 N–H and O–H groups in total. The molecular formula is C17H20BrN3. The van der Waals surface area contributed by atoms with Crippen molar-refractivity contribution in [3.63, 3.8) is 0 Å². The van der Waals surface area contributed by atoms with Crippen molar-refractivity contribution in [2.24, 2.45) is 5.84 Å². The fraction of sp³-hybridized carbons (Fsp3) is 0.353. The van der Waals surface area contributed by atoms with Gasteiger partial charge in [-0.25, -0.2) is 0 Å². The number of hydrazine groups is 1. The molecule has 0 amide bonds. The number of aryl methyl sites for hydroxylation is 1. The molecule has 3 rings (SSSR count). The van der Waals surface area contributed by atoms with Crippen LogP contribution in [0.3, 0.4) is 0 Å². The third-order valence-electron chi connectivity index (χ3n) is 4.34. The molecule has 1 aliphatic rings. The predicted molar refractivity (Wildman–Crippen MR) is 88.7 cm³/mol. The zero-order valence-electron chi connectivity index (χ0n) is 11.9. The number of nitrogens with one attached hydrogen (secondary N) is 1. The number of pyridine rings is 1.